The van der Waals surface area contributed by atoms with Crippen molar-refractivity contribution in [2.45, 2.75) is 66.1 Å². The molecule has 4 unspecified atom stereocenters. The van der Waals surface area contributed by atoms with Gasteiger partial charge < -0.3 is 4.74 Å². The van der Waals surface area contributed by atoms with Gasteiger partial charge in [0.15, 0.2) is 5.72 Å². The van der Waals surface area contributed by atoms with Crippen LogP contribution >= 0.6 is 23.5 Å². The lowest BCUT2D eigenvalue weighted by Gasteiger charge is -2.52. The smallest absolute Gasteiger partial charge is 0.184 e. The zero-order chi connectivity index (χ0) is 14.6. The van der Waals surface area contributed by atoms with Gasteiger partial charge in [-0.25, -0.2) is 4.99 Å². The van der Waals surface area contributed by atoms with Gasteiger partial charge in [0.25, 0.3) is 0 Å². The molecule has 3 fully saturated rings. The van der Waals surface area contributed by atoms with E-state index in [2.05, 4.69) is 42.1 Å². The summed E-state index contributed by atoms with van der Waals surface area (Å²) in [5.74, 6) is 0. The molecule has 1 aromatic carbocycles. The summed E-state index contributed by atoms with van der Waals surface area (Å²) >= 11 is 4.22. The fourth-order valence-corrected chi connectivity index (χ4v) is 8.35. The highest BCUT2D eigenvalue weighted by Crippen LogP contribution is 2.66. The number of nitrogens with zero attached hydrogens (tertiary/aromatic N) is 1. The van der Waals surface area contributed by atoms with Gasteiger partial charge in [0.05, 0.1) is 6.10 Å². The molecule has 2 aliphatic carbocycles. The Kier molecular flexibility index (Phi) is 3.18. The monoisotopic (exact) mass is 331 g/mol. The van der Waals surface area contributed by atoms with Gasteiger partial charge in [-0.15, -0.1) is 11.8 Å². The van der Waals surface area contributed by atoms with Crippen LogP contribution in [-0.4, -0.2) is 26.2 Å². The Bertz CT molecular complexity index is 619. The number of ether oxygens (including phenoxy) is 1. The summed E-state index contributed by atoms with van der Waals surface area (Å²) < 4.78 is 6.88. The Morgan fingerprint density at radius 1 is 1.05 bits per heavy atom. The van der Waals surface area contributed by atoms with Crippen LogP contribution in [0.15, 0.2) is 35.3 Å². The van der Waals surface area contributed by atoms with E-state index in [4.69, 9.17) is 9.73 Å². The zero-order valence-corrected chi connectivity index (χ0v) is 14.3. The molecule has 4 atom stereocenters. The van der Waals surface area contributed by atoms with E-state index >= 15 is 0 Å². The lowest BCUT2D eigenvalue weighted by atomic mass is 9.90. The van der Waals surface area contributed by atoms with Crippen LogP contribution in [0, 0.1) is 0 Å². The summed E-state index contributed by atoms with van der Waals surface area (Å²) in [7, 11) is 0. The SMILES string of the molecule is c1ccc(C2=NC34CCCCC3(S2)SC2CCCC2O4)cc1. The second-order valence-electron chi connectivity index (χ2n) is 6.87. The lowest BCUT2D eigenvalue weighted by Crippen LogP contribution is -2.57. The van der Waals surface area contributed by atoms with Crippen LogP contribution in [0.3, 0.4) is 0 Å². The molecule has 1 saturated heterocycles. The van der Waals surface area contributed by atoms with Gasteiger partial charge in [-0.1, -0.05) is 48.5 Å². The van der Waals surface area contributed by atoms with Crippen LogP contribution in [-0.2, 0) is 4.74 Å². The first-order chi connectivity index (χ1) is 10.8. The van der Waals surface area contributed by atoms with Crippen molar-refractivity contribution >= 4 is 28.6 Å². The Hall–Kier alpha value is -0.450. The van der Waals surface area contributed by atoms with Gasteiger partial charge >= 0.3 is 0 Å². The molecular weight excluding hydrogens is 310 g/mol. The van der Waals surface area contributed by atoms with Crippen molar-refractivity contribution in [1.29, 1.82) is 0 Å². The molecule has 2 nitrogen and oxygen atoms in total. The number of hydrogen-bond acceptors (Lipinski definition) is 4. The van der Waals surface area contributed by atoms with E-state index in [-0.39, 0.29) is 9.80 Å². The van der Waals surface area contributed by atoms with Crippen molar-refractivity contribution < 1.29 is 4.74 Å². The minimum Gasteiger partial charge on any atom is -0.347 e. The molecule has 0 amide bonds. The van der Waals surface area contributed by atoms with Crippen LogP contribution in [0.2, 0.25) is 0 Å². The molecule has 116 valence electrons. The summed E-state index contributed by atoms with van der Waals surface area (Å²) in [6.45, 7) is 0. The predicted molar refractivity (Wildman–Crippen MR) is 94.6 cm³/mol. The van der Waals surface area contributed by atoms with Crippen LogP contribution in [0.25, 0.3) is 0 Å². The Morgan fingerprint density at radius 2 is 1.91 bits per heavy atom. The first kappa shape index (κ1) is 13.9. The van der Waals surface area contributed by atoms with Crippen molar-refractivity contribution in [2.24, 2.45) is 4.99 Å². The standard InChI is InChI=1S/C18H21NOS2/c1-2-7-13(8-3-1)16-19-17-11-4-5-12-18(17,22-16)21-15-10-6-9-14(15)20-17/h1-3,7-8,14-15H,4-6,9-12H2. The molecule has 0 N–H and O–H groups in total. The first-order valence-corrected chi connectivity index (χ1v) is 10.2. The third-order valence-corrected chi connectivity index (χ3v) is 9.17. The van der Waals surface area contributed by atoms with Crippen molar-refractivity contribution in [3.05, 3.63) is 35.9 Å². The molecule has 2 saturated carbocycles. The van der Waals surface area contributed by atoms with Crippen LogP contribution < -0.4 is 0 Å². The molecule has 0 aromatic heterocycles. The summed E-state index contributed by atoms with van der Waals surface area (Å²) in [6, 6.07) is 10.7. The molecule has 2 aliphatic heterocycles. The highest BCUT2D eigenvalue weighted by molar-refractivity contribution is 8.27. The van der Waals surface area contributed by atoms with Crippen molar-refractivity contribution in [3.8, 4) is 0 Å². The lowest BCUT2D eigenvalue weighted by molar-refractivity contribution is -0.112. The first-order valence-electron chi connectivity index (χ1n) is 8.50. The Morgan fingerprint density at radius 3 is 2.82 bits per heavy atom. The number of fused-ring (bicyclic) bond motifs is 1. The fourth-order valence-electron chi connectivity index (χ4n) is 4.43. The average Bonchev–Trinajstić information content (AvgIpc) is 3.13. The Balaban J connectivity index is 1.58. The molecule has 0 spiro atoms. The normalized spacial score (nSPS) is 43.2. The van der Waals surface area contributed by atoms with Gasteiger partial charge in [0, 0.05) is 10.8 Å². The van der Waals surface area contributed by atoms with Crippen molar-refractivity contribution in [1.82, 2.24) is 0 Å². The largest absolute Gasteiger partial charge is 0.347 e. The highest BCUT2D eigenvalue weighted by atomic mass is 32.2. The zero-order valence-electron chi connectivity index (χ0n) is 12.7. The number of benzene rings is 1. The van der Waals surface area contributed by atoms with Gasteiger partial charge in [0.2, 0.25) is 0 Å². The molecule has 4 heteroatoms. The second kappa shape index (κ2) is 5.02. The van der Waals surface area contributed by atoms with E-state index in [9.17, 15) is 0 Å². The topological polar surface area (TPSA) is 21.6 Å². The van der Waals surface area contributed by atoms with Gasteiger partial charge in [0.1, 0.15) is 9.12 Å². The molecule has 0 bridgehead atoms. The van der Waals surface area contributed by atoms with Crippen LogP contribution in [0.4, 0.5) is 0 Å². The van der Waals surface area contributed by atoms with E-state index in [0.717, 1.165) is 6.42 Å². The second-order valence-corrected chi connectivity index (χ2v) is 9.96. The molecule has 1 aromatic rings. The number of aliphatic imine (C=N–C) groups is 1. The minimum atomic E-state index is -0.253. The molecule has 4 aliphatic rings. The van der Waals surface area contributed by atoms with E-state index in [1.165, 1.54) is 49.1 Å². The molecule has 2 heterocycles. The van der Waals surface area contributed by atoms with E-state index in [0.29, 0.717) is 11.4 Å². The van der Waals surface area contributed by atoms with Crippen molar-refractivity contribution in [3.63, 3.8) is 0 Å². The number of rotatable bonds is 1. The highest BCUT2D eigenvalue weighted by Gasteiger charge is 2.65. The van der Waals surface area contributed by atoms with E-state index in [1.807, 2.05) is 11.8 Å². The van der Waals surface area contributed by atoms with Gasteiger partial charge in [-0.05, 0) is 38.5 Å². The minimum absolute atomic E-state index is 0.141. The predicted octanol–water partition coefficient (Wildman–Crippen LogP) is 4.83. The summed E-state index contributed by atoms with van der Waals surface area (Å²) in [4.78, 5) is 5.22. The maximum atomic E-state index is 6.74. The quantitative estimate of drug-likeness (QED) is 0.735. The Labute approximate surface area is 140 Å². The van der Waals surface area contributed by atoms with Crippen molar-refractivity contribution in [2.75, 3.05) is 0 Å². The maximum absolute atomic E-state index is 6.74. The number of hydrogen-bond donors (Lipinski definition) is 0. The molecular formula is C18H21NOS2. The van der Waals surface area contributed by atoms with E-state index < -0.39 is 0 Å². The molecule has 22 heavy (non-hydrogen) atoms. The van der Waals surface area contributed by atoms with Gasteiger partial charge in [-0.2, -0.15) is 0 Å². The molecule has 0 radical (unpaired) electrons. The van der Waals surface area contributed by atoms with Crippen LogP contribution in [0.5, 0.6) is 0 Å². The van der Waals surface area contributed by atoms with Crippen LogP contribution in [0.1, 0.15) is 50.5 Å². The summed E-state index contributed by atoms with van der Waals surface area (Å²) in [5, 5.41) is 1.90. The van der Waals surface area contributed by atoms with Gasteiger partial charge in [-0.3, -0.25) is 0 Å². The third kappa shape index (κ3) is 1.90. The number of thioether (sulfide) groups is 2. The maximum Gasteiger partial charge on any atom is 0.184 e. The summed E-state index contributed by atoms with van der Waals surface area (Å²) in [6.07, 6.45) is 9.25. The third-order valence-electron chi connectivity index (χ3n) is 5.51. The molecule has 5 rings (SSSR count). The van der Waals surface area contributed by atoms with E-state index in [1.54, 1.807) is 0 Å². The average molecular weight is 332 g/mol. The fraction of sp³-hybridized carbons (Fsp3) is 0.611. The summed E-state index contributed by atoms with van der Waals surface area (Å²) in [5.41, 5.74) is 1.01.